The first-order chi connectivity index (χ1) is 14.5. The van der Waals surface area contributed by atoms with E-state index in [1.165, 1.54) is 6.08 Å². The van der Waals surface area contributed by atoms with Gasteiger partial charge in [0.2, 0.25) is 5.91 Å². The van der Waals surface area contributed by atoms with Gasteiger partial charge < -0.3 is 9.73 Å². The molecule has 1 aliphatic rings. The standard InChI is InChI=1S/C22H15ClN2O4S/c23-15-7-4-8-16(11-15)24-20(26)13-25-21(27)19(30-22(25)28)12-17-9-10-18(29-17)14-5-2-1-3-6-14/h1-12H,13H2,(H,24,26)/b19-12-. The number of nitrogens with one attached hydrogen (secondary N) is 1. The smallest absolute Gasteiger partial charge is 0.294 e. The first kappa shape index (κ1) is 20.0. The van der Waals surface area contributed by atoms with Crippen LogP contribution in [0.2, 0.25) is 5.02 Å². The van der Waals surface area contributed by atoms with Gasteiger partial charge in [0.15, 0.2) is 0 Å². The number of benzene rings is 2. The summed E-state index contributed by atoms with van der Waals surface area (Å²) in [6.07, 6.45) is 1.51. The second-order valence-electron chi connectivity index (χ2n) is 6.39. The minimum Gasteiger partial charge on any atom is -0.457 e. The molecule has 8 heteroatoms. The van der Waals surface area contributed by atoms with E-state index in [2.05, 4.69) is 5.32 Å². The Kier molecular flexibility index (Phi) is 5.74. The molecule has 3 aromatic rings. The van der Waals surface area contributed by atoms with Crippen LogP contribution < -0.4 is 5.32 Å². The molecule has 0 spiro atoms. The van der Waals surface area contributed by atoms with Crippen molar-refractivity contribution >= 4 is 52.2 Å². The molecule has 0 atom stereocenters. The molecule has 30 heavy (non-hydrogen) atoms. The van der Waals surface area contributed by atoms with E-state index in [-0.39, 0.29) is 11.4 Å². The van der Waals surface area contributed by atoms with Crippen LogP contribution in [-0.2, 0) is 9.59 Å². The van der Waals surface area contributed by atoms with Gasteiger partial charge in [-0.25, -0.2) is 0 Å². The molecule has 1 aliphatic heterocycles. The number of imide groups is 1. The van der Waals surface area contributed by atoms with E-state index < -0.39 is 17.1 Å². The van der Waals surface area contributed by atoms with Crippen LogP contribution >= 0.6 is 23.4 Å². The highest BCUT2D eigenvalue weighted by atomic mass is 35.5. The van der Waals surface area contributed by atoms with Gasteiger partial charge in [-0.05, 0) is 42.1 Å². The lowest BCUT2D eigenvalue weighted by Crippen LogP contribution is -2.36. The Labute approximate surface area is 181 Å². The van der Waals surface area contributed by atoms with Crippen LogP contribution in [0.15, 0.2) is 76.1 Å². The zero-order valence-corrected chi connectivity index (χ0v) is 17.1. The molecule has 1 aromatic heterocycles. The summed E-state index contributed by atoms with van der Waals surface area (Å²) in [7, 11) is 0. The number of nitrogens with zero attached hydrogens (tertiary/aromatic N) is 1. The summed E-state index contributed by atoms with van der Waals surface area (Å²) in [4.78, 5) is 38.2. The minimum absolute atomic E-state index is 0.199. The SMILES string of the molecule is O=C(CN1C(=O)S/C(=C\c2ccc(-c3ccccc3)o2)C1=O)Nc1cccc(Cl)c1. The van der Waals surface area contributed by atoms with Crippen LogP contribution in [-0.4, -0.2) is 28.5 Å². The Morgan fingerprint density at radius 3 is 2.63 bits per heavy atom. The van der Waals surface area contributed by atoms with Crippen molar-refractivity contribution in [2.75, 3.05) is 11.9 Å². The van der Waals surface area contributed by atoms with Crippen LogP contribution in [0, 0.1) is 0 Å². The zero-order chi connectivity index (χ0) is 21.1. The van der Waals surface area contributed by atoms with Gasteiger partial charge in [-0.1, -0.05) is 48.0 Å². The van der Waals surface area contributed by atoms with Crippen molar-refractivity contribution in [2.45, 2.75) is 0 Å². The monoisotopic (exact) mass is 438 g/mol. The number of hydrogen-bond donors (Lipinski definition) is 1. The lowest BCUT2D eigenvalue weighted by Gasteiger charge is -2.12. The van der Waals surface area contributed by atoms with E-state index in [4.69, 9.17) is 16.0 Å². The average Bonchev–Trinajstić information content (AvgIpc) is 3.29. The predicted molar refractivity (Wildman–Crippen MR) is 117 cm³/mol. The number of halogens is 1. The van der Waals surface area contributed by atoms with Crippen molar-refractivity contribution in [1.29, 1.82) is 0 Å². The minimum atomic E-state index is -0.538. The van der Waals surface area contributed by atoms with Gasteiger partial charge in [-0.3, -0.25) is 19.3 Å². The van der Waals surface area contributed by atoms with Crippen LogP contribution in [0.25, 0.3) is 17.4 Å². The van der Waals surface area contributed by atoms with Gasteiger partial charge in [-0.15, -0.1) is 0 Å². The normalized spacial score (nSPS) is 15.1. The summed E-state index contributed by atoms with van der Waals surface area (Å²) in [6, 6.07) is 19.7. The molecular weight excluding hydrogens is 424 g/mol. The number of anilines is 1. The highest BCUT2D eigenvalue weighted by Crippen LogP contribution is 2.33. The molecule has 1 fully saturated rings. The van der Waals surface area contributed by atoms with Gasteiger partial charge in [0.05, 0.1) is 4.91 Å². The summed E-state index contributed by atoms with van der Waals surface area (Å²) in [5, 5.41) is 2.58. The largest absolute Gasteiger partial charge is 0.457 e. The maximum Gasteiger partial charge on any atom is 0.294 e. The molecule has 0 unspecified atom stereocenters. The van der Waals surface area contributed by atoms with Crippen molar-refractivity contribution < 1.29 is 18.8 Å². The summed E-state index contributed by atoms with van der Waals surface area (Å²) in [5.41, 5.74) is 1.39. The first-order valence-electron chi connectivity index (χ1n) is 8.95. The van der Waals surface area contributed by atoms with E-state index in [1.807, 2.05) is 30.3 Å². The third kappa shape index (κ3) is 4.48. The molecule has 0 bridgehead atoms. The quantitative estimate of drug-likeness (QED) is 0.548. The van der Waals surface area contributed by atoms with E-state index >= 15 is 0 Å². The lowest BCUT2D eigenvalue weighted by molar-refractivity contribution is -0.127. The molecule has 2 heterocycles. The molecule has 0 radical (unpaired) electrons. The molecule has 0 aliphatic carbocycles. The molecule has 2 aromatic carbocycles. The Bertz CT molecular complexity index is 1160. The number of furan rings is 1. The van der Waals surface area contributed by atoms with Gasteiger partial charge in [-0.2, -0.15) is 0 Å². The van der Waals surface area contributed by atoms with Crippen LogP contribution in [0.5, 0.6) is 0 Å². The zero-order valence-electron chi connectivity index (χ0n) is 15.5. The van der Waals surface area contributed by atoms with E-state index in [1.54, 1.807) is 36.4 Å². The molecule has 150 valence electrons. The van der Waals surface area contributed by atoms with Crippen molar-refractivity contribution in [3.8, 4) is 11.3 Å². The summed E-state index contributed by atoms with van der Waals surface area (Å²) >= 11 is 6.66. The second kappa shape index (κ2) is 8.61. The summed E-state index contributed by atoms with van der Waals surface area (Å²) in [6.45, 7) is -0.387. The van der Waals surface area contributed by atoms with Gasteiger partial charge in [0.1, 0.15) is 18.1 Å². The van der Waals surface area contributed by atoms with Crippen LogP contribution in [0.4, 0.5) is 10.5 Å². The number of carbonyl (C=O) groups is 3. The Balaban J connectivity index is 1.45. The third-order valence-electron chi connectivity index (χ3n) is 4.24. The number of carbonyl (C=O) groups excluding carboxylic acids is 3. The van der Waals surface area contributed by atoms with Crippen LogP contribution in [0.3, 0.4) is 0 Å². The molecule has 6 nitrogen and oxygen atoms in total. The Hall–Kier alpha value is -3.29. The molecule has 1 N–H and O–H groups in total. The summed E-state index contributed by atoms with van der Waals surface area (Å²) < 4.78 is 5.76. The van der Waals surface area contributed by atoms with Crippen molar-refractivity contribution in [3.05, 3.63) is 82.4 Å². The number of amides is 3. The maximum absolute atomic E-state index is 12.6. The average molecular weight is 439 g/mol. The van der Waals surface area contributed by atoms with E-state index in [9.17, 15) is 14.4 Å². The Morgan fingerprint density at radius 2 is 1.87 bits per heavy atom. The highest BCUT2D eigenvalue weighted by Gasteiger charge is 2.36. The van der Waals surface area contributed by atoms with Crippen molar-refractivity contribution in [3.63, 3.8) is 0 Å². The fourth-order valence-corrected chi connectivity index (χ4v) is 3.87. The van der Waals surface area contributed by atoms with Gasteiger partial charge in [0.25, 0.3) is 11.1 Å². The molecule has 3 amide bonds. The number of hydrogen-bond acceptors (Lipinski definition) is 5. The molecular formula is C22H15ClN2O4S. The first-order valence-corrected chi connectivity index (χ1v) is 10.1. The molecule has 0 saturated carbocycles. The number of thioether (sulfide) groups is 1. The van der Waals surface area contributed by atoms with E-state index in [0.29, 0.717) is 22.2 Å². The van der Waals surface area contributed by atoms with Crippen LogP contribution in [0.1, 0.15) is 5.76 Å². The predicted octanol–water partition coefficient (Wildman–Crippen LogP) is 5.28. The van der Waals surface area contributed by atoms with E-state index in [0.717, 1.165) is 22.2 Å². The summed E-state index contributed by atoms with van der Waals surface area (Å²) in [5.74, 6) is 0.0683. The fourth-order valence-electron chi connectivity index (χ4n) is 2.86. The van der Waals surface area contributed by atoms with Gasteiger partial charge in [0, 0.05) is 22.3 Å². The molecule has 4 rings (SSSR count). The van der Waals surface area contributed by atoms with Gasteiger partial charge >= 0.3 is 0 Å². The topological polar surface area (TPSA) is 79.6 Å². The third-order valence-corrected chi connectivity index (χ3v) is 5.38. The Morgan fingerprint density at radius 1 is 1.07 bits per heavy atom. The fraction of sp³-hybridized carbons (Fsp3) is 0.0455. The highest BCUT2D eigenvalue weighted by molar-refractivity contribution is 8.18. The van der Waals surface area contributed by atoms with Crippen molar-refractivity contribution in [2.24, 2.45) is 0 Å². The molecule has 1 saturated heterocycles. The van der Waals surface area contributed by atoms with Crippen molar-refractivity contribution in [1.82, 2.24) is 4.90 Å². The second-order valence-corrected chi connectivity index (χ2v) is 7.82. The lowest BCUT2D eigenvalue weighted by atomic mass is 10.2. The number of rotatable bonds is 5. The maximum atomic E-state index is 12.6.